The molecule has 1 nitrogen and oxygen atoms in total. The molecular formula is C14H12ClF2N. The van der Waals surface area contributed by atoms with E-state index in [0.29, 0.717) is 10.6 Å². The Bertz CT molecular complexity index is 520. The lowest BCUT2D eigenvalue weighted by Gasteiger charge is -2.19. The number of rotatable bonds is 3. The summed E-state index contributed by atoms with van der Waals surface area (Å²) in [7, 11) is 1.71. The first kappa shape index (κ1) is 13.0. The molecule has 0 spiro atoms. The zero-order chi connectivity index (χ0) is 13.1. The average Bonchev–Trinajstić information content (AvgIpc) is 2.35. The normalized spacial score (nSPS) is 12.4. The number of hydrogen-bond donors (Lipinski definition) is 1. The fourth-order valence-corrected chi connectivity index (χ4v) is 2.19. The molecule has 18 heavy (non-hydrogen) atoms. The first-order valence-corrected chi connectivity index (χ1v) is 5.88. The van der Waals surface area contributed by atoms with Gasteiger partial charge in [0, 0.05) is 10.6 Å². The molecule has 1 N–H and O–H groups in total. The third-order valence-electron chi connectivity index (χ3n) is 2.78. The molecular weight excluding hydrogens is 256 g/mol. The Hall–Kier alpha value is -1.45. The largest absolute Gasteiger partial charge is 0.309 e. The summed E-state index contributed by atoms with van der Waals surface area (Å²) in [6, 6.07) is 10.0. The van der Waals surface area contributed by atoms with Crippen molar-refractivity contribution in [3.05, 3.63) is 70.2 Å². The van der Waals surface area contributed by atoms with Gasteiger partial charge in [-0.25, -0.2) is 8.78 Å². The van der Waals surface area contributed by atoms with Crippen molar-refractivity contribution in [3.8, 4) is 0 Å². The van der Waals surface area contributed by atoms with Crippen LogP contribution in [0.15, 0.2) is 42.5 Å². The standard InChI is InChI=1S/C14H12ClF2N/c1-18-14(9-5-7-10(16)8-6-9)13-11(15)3-2-4-12(13)17/h2-8,14,18H,1H3. The molecule has 0 heterocycles. The van der Waals surface area contributed by atoms with Crippen LogP contribution in [0.5, 0.6) is 0 Å². The van der Waals surface area contributed by atoms with Gasteiger partial charge in [-0.05, 0) is 36.9 Å². The highest BCUT2D eigenvalue weighted by atomic mass is 35.5. The van der Waals surface area contributed by atoms with E-state index in [1.807, 2.05) is 0 Å². The van der Waals surface area contributed by atoms with Crippen molar-refractivity contribution in [2.75, 3.05) is 7.05 Å². The molecule has 1 atom stereocenters. The van der Waals surface area contributed by atoms with Crippen LogP contribution >= 0.6 is 11.6 Å². The number of halogens is 3. The van der Waals surface area contributed by atoms with E-state index in [9.17, 15) is 8.78 Å². The van der Waals surface area contributed by atoms with Gasteiger partial charge < -0.3 is 5.32 Å². The molecule has 2 rings (SSSR count). The lowest BCUT2D eigenvalue weighted by atomic mass is 9.98. The summed E-state index contributed by atoms with van der Waals surface area (Å²) in [5.74, 6) is -0.709. The van der Waals surface area contributed by atoms with Crippen LogP contribution in [-0.2, 0) is 0 Å². The van der Waals surface area contributed by atoms with Crippen molar-refractivity contribution in [2.24, 2.45) is 0 Å². The zero-order valence-corrected chi connectivity index (χ0v) is 10.5. The third kappa shape index (κ3) is 2.52. The van der Waals surface area contributed by atoms with Crippen molar-refractivity contribution in [2.45, 2.75) is 6.04 Å². The Morgan fingerprint density at radius 1 is 1.06 bits per heavy atom. The minimum Gasteiger partial charge on any atom is -0.309 e. The fourth-order valence-electron chi connectivity index (χ4n) is 1.92. The molecule has 0 aliphatic carbocycles. The number of benzene rings is 2. The van der Waals surface area contributed by atoms with Gasteiger partial charge >= 0.3 is 0 Å². The first-order valence-electron chi connectivity index (χ1n) is 5.50. The molecule has 0 aromatic heterocycles. The van der Waals surface area contributed by atoms with Gasteiger partial charge in [-0.3, -0.25) is 0 Å². The maximum atomic E-state index is 13.9. The van der Waals surface area contributed by atoms with Gasteiger partial charge in [0.15, 0.2) is 0 Å². The van der Waals surface area contributed by atoms with Crippen LogP contribution in [0.1, 0.15) is 17.2 Å². The Morgan fingerprint density at radius 2 is 1.72 bits per heavy atom. The molecule has 1 unspecified atom stereocenters. The zero-order valence-electron chi connectivity index (χ0n) is 9.75. The van der Waals surface area contributed by atoms with E-state index in [4.69, 9.17) is 11.6 Å². The number of nitrogens with one attached hydrogen (secondary N) is 1. The summed E-state index contributed by atoms with van der Waals surface area (Å²) < 4.78 is 26.7. The smallest absolute Gasteiger partial charge is 0.129 e. The van der Waals surface area contributed by atoms with Gasteiger partial charge in [0.05, 0.1) is 6.04 Å². The molecule has 0 bridgehead atoms. The maximum absolute atomic E-state index is 13.9. The van der Waals surface area contributed by atoms with Gasteiger partial charge in [0.2, 0.25) is 0 Å². The van der Waals surface area contributed by atoms with Crippen molar-refractivity contribution >= 4 is 11.6 Å². The fraction of sp³-hybridized carbons (Fsp3) is 0.143. The molecule has 4 heteroatoms. The highest BCUT2D eigenvalue weighted by Gasteiger charge is 2.19. The second-order valence-electron chi connectivity index (χ2n) is 3.91. The highest BCUT2D eigenvalue weighted by molar-refractivity contribution is 6.31. The highest BCUT2D eigenvalue weighted by Crippen LogP contribution is 2.30. The van der Waals surface area contributed by atoms with Crippen LogP contribution in [0.4, 0.5) is 8.78 Å². The van der Waals surface area contributed by atoms with E-state index >= 15 is 0 Å². The summed E-state index contributed by atoms with van der Waals surface area (Å²) in [5.41, 5.74) is 1.12. The van der Waals surface area contributed by atoms with E-state index in [-0.39, 0.29) is 11.6 Å². The predicted octanol–water partition coefficient (Wildman–Crippen LogP) is 3.93. The monoisotopic (exact) mass is 267 g/mol. The lowest BCUT2D eigenvalue weighted by Crippen LogP contribution is -2.19. The predicted molar refractivity (Wildman–Crippen MR) is 68.7 cm³/mol. The second kappa shape index (κ2) is 5.46. The summed E-state index contributed by atoms with van der Waals surface area (Å²) in [5, 5.41) is 3.33. The SMILES string of the molecule is CNC(c1ccc(F)cc1)c1c(F)cccc1Cl. The van der Waals surface area contributed by atoms with E-state index < -0.39 is 6.04 Å². The average molecular weight is 268 g/mol. The van der Waals surface area contributed by atoms with Crippen molar-refractivity contribution in [1.29, 1.82) is 0 Å². The lowest BCUT2D eigenvalue weighted by molar-refractivity contribution is 0.575. The Kier molecular flexibility index (Phi) is 3.94. The molecule has 2 aromatic rings. The van der Waals surface area contributed by atoms with E-state index in [1.54, 1.807) is 31.3 Å². The topological polar surface area (TPSA) is 12.0 Å². The second-order valence-corrected chi connectivity index (χ2v) is 4.32. The van der Waals surface area contributed by atoms with Crippen LogP contribution in [-0.4, -0.2) is 7.05 Å². The molecule has 0 saturated carbocycles. The van der Waals surface area contributed by atoms with Crippen LogP contribution in [0, 0.1) is 11.6 Å². The van der Waals surface area contributed by atoms with E-state index in [0.717, 1.165) is 5.56 Å². The molecule has 0 fully saturated rings. The summed E-state index contributed by atoms with van der Waals surface area (Å²) >= 11 is 6.03. The molecule has 0 aliphatic rings. The molecule has 2 aromatic carbocycles. The molecule has 0 radical (unpaired) electrons. The Morgan fingerprint density at radius 3 is 2.28 bits per heavy atom. The van der Waals surface area contributed by atoms with Gasteiger partial charge in [0.1, 0.15) is 11.6 Å². The van der Waals surface area contributed by atoms with Gasteiger partial charge in [-0.1, -0.05) is 29.8 Å². The first-order chi connectivity index (χ1) is 8.63. The quantitative estimate of drug-likeness (QED) is 0.889. The maximum Gasteiger partial charge on any atom is 0.129 e. The van der Waals surface area contributed by atoms with Crippen molar-refractivity contribution in [3.63, 3.8) is 0 Å². The van der Waals surface area contributed by atoms with E-state index in [1.165, 1.54) is 18.2 Å². The van der Waals surface area contributed by atoms with Crippen molar-refractivity contribution < 1.29 is 8.78 Å². The minimum absolute atomic E-state index is 0.326. The molecule has 0 amide bonds. The van der Waals surface area contributed by atoms with Crippen LogP contribution in [0.25, 0.3) is 0 Å². The summed E-state index contributed by atoms with van der Waals surface area (Å²) in [6.45, 7) is 0. The molecule has 0 aliphatic heterocycles. The van der Waals surface area contributed by atoms with Gasteiger partial charge in [0.25, 0.3) is 0 Å². The molecule has 94 valence electrons. The summed E-state index contributed by atoms with van der Waals surface area (Å²) in [4.78, 5) is 0. The van der Waals surface area contributed by atoms with Crippen molar-refractivity contribution in [1.82, 2.24) is 5.32 Å². The molecule has 0 saturated heterocycles. The minimum atomic E-state index is -0.403. The van der Waals surface area contributed by atoms with Gasteiger partial charge in [-0.2, -0.15) is 0 Å². The van der Waals surface area contributed by atoms with Crippen LogP contribution in [0.2, 0.25) is 5.02 Å². The summed E-state index contributed by atoms with van der Waals surface area (Å²) in [6.07, 6.45) is 0. The number of hydrogen-bond acceptors (Lipinski definition) is 1. The third-order valence-corrected chi connectivity index (χ3v) is 3.11. The Balaban J connectivity index is 2.48. The van der Waals surface area contributed by atoms with Gasteiger partial charge in [-0.15, -0.1) is 0 Å². The Labute approximate surface area is 109 Å². The van der Waals surface area contributed by atoms with Crippen LogP contribution in [0.3, 0.4) is 0 Å². The van der Waals surface area contributed by atoms with Crippen LogP contribution < -0.4 is 5.32 Å². The van der Waals surface area contributed by atoms with E-state index in [2.05, 4.69) is 5.32 Å².